The molecule has 0 saturated heterocycles. The molecule has 0 radical (unpaired) electrons. The highest BCUT2D eigenvalue weighted by atomic mass is 16.5. The lowest BCUT2D eigenvalue weighted by molar-refractivity contribution is 0.331. The summed E-state index contributed by atoms with van der Waals surface area (Å²) in [5.74, 6) is 1.15. The molecule has 0 spiro atoms. The van der Waals surface area contributed by atoms with Crippen molar-refractivity contribution in [3.8, 4) is 0 Å². The van der Waals surface area contributed by atoms with E-state index in [-0.39, 0.29) is 0 Å². The minimum Gasteiger partial charge on any atom is -0.457 e. The van der Waals surface area contributed by atoms with Crippen LogP contribution in [0, 0.1) is 13.8 Å². The van der Waals surface area contributed by atoms with E-state index in [0.29, 0.717) is 33.8 Å². The number of allylic oxidation sites excluding steroid dienone is 8. The van der Waals surface area contributed by atoms with Crippen molar-refractivity contribution < 1.29 is 13.6 Å². The molecule has 5 rings (SSSR count). The molecule has 7 nitrogen and oxygen atoms in total. The lowest BCUT2D eigenvalue weighted by atomic mass is 9.98. The van der Waals surface area contributed by atoms with Gasteiger partial charge in [-0.15, -0.1) is 0 Å². The maximum Gasteiger partial charge on any atom is 0.344 e. The van der Waals surface area contributed by atoms with Crippen molar-refractivity contribution in [1.29, 1.82) is 0 Å². The second-order valence-electron chi connectivity index (χ2n) is 12.2. The highest BCUT2D eigenvalue weighted by Crippen LogP contribution is 2.32. The van der Waals surface area contributed by atoms with E-state index in [1.807, 2.05) is 140 Å². The Morgan fingerprint density at radius 2 is 1.04 bits per heavy atom. The number of rotatable bonds is 6. The highest BCUT2D eigenvalue weighted by Gasteiger charge is 2.18. The summed E-state index contributed by atoms with van der Waals surface area (Å²) in [7, 11) is 7.79. The van der Waals surface area contributed by atoms with Crippen LogP contribution in [0.2, 0.25) is 0 Å². The molecule has 1 aliphatic heterocycles. The molecule has 232 valence electrons. The fourth-order valence-corrected chi connectivity index (χ4v) is 5.70. The molecule has 0 fully saturated rings. The number of hydrogen-bond acceptors (Lipinski definition) is 7. The van der Waals surface area contributed by atoms with E-state index < -0.39 is 11.3 Å². The predicted octanol–water partition coefficient (Wildman–Crippen LogP) is 8.29. The Kier molecular flexibility index (Phi) is 8.48. The van der Waals surface area contributed by atoms with Gasteiger partial charge in [0.1, 0.15) is 22.7 Å². The summed E-state index contributed by atoms with van der Waals surface area (Å²) >= 11 is 0. The second-order valence-corrected chi connectivity index (χ2v) is 12.2. The van der Waals surface area contributed by atoms with Crippen molar-refractivity contribution in [2.45, 2.75) is 41.5 Å². The van der Waals surface area contributed by atoms with Crippen LogP contribution in [-0.2, 0) is 4.74 Å². The van der Waals surface area contributed by atoms with Gasteiger partial charge in [-0.2, -0.15) is 0 Å². The van der Waals surface area contributed by atoms with E-state index in [0.717, 1.165) is 55.6 Å². The molecule has 7 heteroatoms. The average molecular weight is 605 g/mol. The molecule has 2 aromatic carbocycles. The third kappa shape index (κ3) is 6.16. The molecule has 0 bridgehead atoms. The number of fused-ring (bicyclic) bond motifs is 2. The summed E-state index contributed by atoms with van der Waals surface area (Å²) in [6.45, 7) is 11.7. The van der Waals surface area contributed by atoms with E-state index in [1.54, 1.807) is 0 Å². The van der Waals surface area contributed by atoms with Crippen LogP contribution in [0.15, 0.2) is 102 Å². The average Bonchev–Trinajstić information content (AvgIpc) is 2.96. The lowest BCUT2D eigenvalue weighted by Crippen LogP contribution is -2.11. The summed E-state index contributed by atoms with van der Waals surface area (Å²) in [5.41, 5.74) is 8.47. The van der Waals surface area contributed by atoms with Gasteiger partial charge in [-0.05, 0) is 118 Å². The predicted molar refractivity (Wildman–Crippen MR) is 186 cm³/mol. The van der Waals surface area contributed by atoms with Crippen molar-refractivity contribution in [2.24, 2.45) is 0 Å². The lowest BCUT2D eigenvalue weighted by Gasteiger charge is -2.18. The van der Waals surface area contributed by atoms with Crippen LogP contribution in [0.5, 0.6) is 0 Å². The zero-order valence-electron chi connectivity index (χ0n) is 27.7. The maximum atomic E-state index is 13.2. The molecule has 4 aromatic rings. The van der Waals surface area contributed by atoms with Crippen LogP contribution < -0.4 is 21.1 Å². The van der Waals surface area contributed by atoms with Crippen LogP contribution in [0.4, 0.5) is 11.4 Å². The zero-order chi connectivity index (χ0) is 32.7. The van der Waals surface area contributed by atoms with Crippen LogP contribution in [0.1, 0.15) is 49.9 Å². The van der Waals surface area contributed by atoms with E-state index >= 15 is 0 Å². The smallest absolute Gasteiger partial charge is 0.344 e. The molecule has 0 unspecified atom stereocenters. The summed E-state index contributed by atoms with van der Waals surface area (Å²) in [5, 5.41) is 1.77. The maximum absolute atomic E-state index is 13.2. The van der Waals surface area contributed by atoms with E-state index in [2.05, 4.69) is 0 Å². The van der Waals surface area contributed by atoms with Crippen LogP contribution in [0.25, 0.3) is 33.1 Å². The first-order chi connectivity index (χ1) is 21.2. The SMILES string of the molecule is CC(C)=C1C=C(/C=C(\C)c2c(C)c3ccc(N(C)C)cc3oc2=O)OC(/C=C(\C)c2c(C)c3ccc(N(C)C)cc3oc2=O)=C1. The monoisotopic (exact) mass is 604 g/mol. The van der Waals surface area contributed by atoms with E-state index in [4.69, 9.17) is 13.6 Å². The van der Waals surface area contributed by atoms with Crippen molar-refractivity contribution in [3.63, 3.8) is 0 Å². The normalized spacial score (nSPS) is 14.0. The number of anilines is 2. The van der Waals surface area contributed by atoms with Crippen molar-refractivity contribution in [3.05, 3.63) is 126 Å². The van der Waals surface area contributed by atoms with Crippen LogP contribution in [-0.4, -0.2) is 28.2 Å². The number of aryl methyl sites for hydroxylation is 2. The second kappa shape index (κ2) is 12.2. The number of nitrogens with zero attached hydrogens (tertiary/aromatic N) is 2. The Labute approximate surface area is 263 Å². The number of benzene rings is 2. The van der Waals surface area contributed by atoms with Gasteiger partial charge in [0.15, 0.2) is 0 Å². The van der Waals surface area contributed by atoms with Gasteiger partial charge in [0.2, 0.25) is 0 Å². The van der Waals surface area contributed by atoms with Crippen molar-refractivity contribution in [1.82, 2.24) is 0 Å². The Hall–Kier alpha value is -5.04. The van der Waals surface area contributed by atoms with Crippen LogP contribution >= 0.6 is 0 Å². The highest BCUT2D eigenvalue weighted by molar-refractivity contribution is 5.89. The molecule has 0 atom stereocenters. The molecule has 3 heterocycles. The Bertz CT molecular complexity index is 1980. The molecule has 0 amide bonds. The topological polar surface area (TPSA) is 76.1 Å². The first-order valence-corrected chi connectivity index (χ1v) is 14.9. The molecule has 2 aromatic heterocycles. The molecule has 0 saturated carbocycles. The van der Waals surface area contributed by atoms with Gasteiger partial charge < -0.3 is 23.4 Å². The van der Waals surface area contributed by atoms with Gasteiger partial charge in [-0.1, -0.05) is 5.57 Å². The number of ether oxygens (including phenoxy) is 1. The molecule has 0 N–H and O–H groups in total. The van der Waals surface area contributed by atoms with E-state index in [9.17, 15) is 9.59 Å². The van der Waals surface area contributed by atoms with Gasteiger partial charge in [0.05, 0.1) is 11.1 Å². The van der Waals surface area contributed by atoms with Gasteiger partial charge in [0.25, 0.3) is 0 Å². The Morgan fingerprint density at radius 1 is 0.644 bits per heavy atom. The minimum atomic E-state index is -0.397. The quantitative estimate of drug-likeness (QED) is 0.205. The summed E-state index contributed by atoms with van der Waals surface area (Å²) in [6.07, 6.45) is 7.61. The zero-order valence-corrected chi connectivity index (χ0v) is 27.7. The van der Waals surface area contributed by atoms with Gasteiger partial charge in [0, 0.05) is 62.5 Å². The molecular formula is C38H40N2O5. The summed E-state index contributed by atoms with van der Waals surface area (Å²) in [6, 6.07) is 11.8. The molecule has 1 aliphatic rings. The van der Waals surface area contributed by atoms with Gasteiger partial charge in [-0.25, -0.2) is 9.59 Å². The van der Waals surface area contributed by atoms with Crippen LogP contribution in [0.3, 0.4) is 0 Å². The minimum absolute atomic E-state index is 0.397. The molecular weight excluding hydrogens is 564 g/mol. The van der Waals surface area contributed by atoms with E-state index in [1.165, 1.54) is 0 Å². The van der Waals surface area contributed by atoms with Crippen molar-refractivity contribution >= 4 is 44.5 Å². The number of hydrogen-bond donors (Lipinski definition) is 0. The third-order valence-corrected chi connectivity index (χ3v) is 8.25. The fraction of sp³-hybridized carbons (Fsp3) is 0.263. The third-order valence-electron chi connectivity index (χ3n) is 8.25. The first kappa shape index (κ1) is 31.4. The summed E-state index contributed by atoms with van der Waals surface area (Å²) < 4.78 is 17.9. The van der Waals surface area contributed by atoms with Crippen molar-refractivity contribution in [2.75, 3.05) is 38.0 Å². The molecule has 0 aliphatic carbocycles. The van der Waals surface area contributed by atoms with Gasteiger partial charge >= 0.3 is 11.3 Å². The molecule has 45 heavy (non-hydrogen) atoms. The fourth-order valence-electron chi connectivity index (χ4n) is 5.70. The Morgan fingerprint density at radius 3 is 1.40 bits per heavy atom. The van der Waals surface area contributed by atoms with Gasteiger partial charge in [-0.3, -0.25) is 0 Å². The largest absolute Gasteiger partial charge is 0.457 e. The first-order valence-electron chi connectivity index (χ1n) is 14.9. The Balaban J connectivity index is 1.52. The standard InChI is InChI=1S/C38H40N2O5/c1-21(2)26-17-29(15-22(3)35-24(5)31-13-11-27(39(7)8)19-33(31)44-37(35)41)43-30(18-26)16-23(4)36-25(6)32-14-12-28(40(9)10)20-34(32)45-38(36)42/h11-20H,1-10H3/b22-15+,23-16+. The summed E-state index contributed by atoms with van der Waals surface area (Å²) in [4.78, 5) is 30.4.